The summed E-state index contributed by atoms with van der Waals surface area (Å²) < 4.78 is 22.2. The minimum Gasteiger partial charge on any atom is -0.493 e. The maximum Gasteiger partial charge on any atom is 0.191 e. The Morgan fingerprint density at radius 3 is 2.72 bits per heavy atom. The molecule has 1 aliphatic heterocycles. The van der Waals surface area contributed by atoms with Gasteiger partial charge in [0.1, 0.15) is 0 Å². The van der Waals surface area contributed by atoms with Crippen molar-refractivity contribution < 1.29 is 18.9 Å². The van der Waals surface area contributed by atoms with Crippen molar-refractivity contribution in [2.24, 2.45) is 10.9 Å². The quantitative estimate of drug-likeness (QED) is 0.315. The molecular formula is C22H37N3O4. The highest BCUT2D eigenvalue weighted by Gasteiger charge is 2.13. The molecule has 0 aliphatic carbocycles. The molecule has 0 aromatic heterocycles. The highest BCUT2D eigenvalue weighted by Crippen LogP contribution is 2.28. The van der Waals surface area contributed by atoms with Gasteiger partial charge in [-0.05, 0) is 56.7 Å². The molecule has 1 aliphatic rings. The Bertz CT molecular complexity index is 604. The Kier molecular flexibility index (Phi) is 11.3. The molecule has 7 heteroatoms. The summed E-state index contributed by atoms with van der Waals surface area (Å²) in [6.45, 7) is 10.2. The molecule has 7 nitrogen and oxygen atoms in total. The summed E-state index contributed by atoms with van der Waals surface area (Å²) in [4.78, 5) is 4.67. The third kappa shape index (κ3) is 8.92. The average molecular weight is 408 g/mol. The van der Waals surface area contributed by atoms with E-state index in [1.54, 1.807) is 7.11 Å². The zero-order chi connectivity index (χ0) is 20.7. The Morgan fingerprint density at radius 1 is 1.17 bits per heavy atom. The van der Waals surface area contributed by atoms with Gasteiger partial charge in [-0.15, -0.1) is 0 Å². The van der Waals surface area contributed by atoms with E-state index in [1.165, 1.54) is 0 Å². The molecule has 1 aromatic carbocycles. The number of aliphatic imine (C=N–C) groups is 1. The van der Waals surface area contributed by atoms with Gasteiger partial charge in [0.05, 0.1) is 20.3 Å². The number of guanidine groups is 1. The van der Waals surface area contributed by atoms with Crippen molar-refractivity contribution in [1.82, 2.24) is 10.6 Å². The van der Waals surface area contributed by atoms with Crippen LogP contribution in [0, 0.1) is 5.92 Å². The smallest absolute Gasteiger partial charge is 0.191 e. The van der Waals surface area contributed by atoms with Crippen LogP contribution in [0.3, 0.4) is 0 Å². The van der Waals surface area contributed by atoms with Crippen LogP contribution in [0.25, 0.3) is 0 Å². The molecule has 0 amide bonds. The Hall–Kier alpha value is -1.99. The molecule has 0 radical (unpaired) electrons. The Labute approximate surface area is 175 Å². The number of nitrogens with zero attached hydrogens (tertiary/aromatic N) is 1. The molecule has 1 aromatic rings. The number of rotatable bonds is 12. The molecule has 0 unspecified atom stereocenters. The van der Waals surface area contributed by atoms with Gasteiger partial charge in [0.25, 0.3) is 0 Å². The van der Waals surface area contributed by atoms with Gasteiger partial charge in [-0.3, -0.25) is 0 Å². The van der Waals surface area contributed by atoms with Gasteiger partial charge >= 0.3 is 0 Å². The summed E-state index contributed by atoms with van der Waals surface area (Å²) in [5.74, 6) is 2.96. The van der Waals surface area contributed by atoms with Gasteiger partial charge in [0.15, 0.2) is 17.5 Å². The number of hydrogen-bond donors (Lipinski definition) is 2. The fraction of sp³-hybridized carbons (Fsp3) is 0.682. The molecule has 0 atom stereocenters. The second kappa shape index (κ2) is 14.1. The number of methoxy groups -OCH3 is 1. The van der Waals surface area contributed by atoms with Crippen LogP contribution in [-0.2, 0) is 16.0 Å². The summed E-state index contributed by atoms with van der Waals surface area (Å²) in [7, 11) is 1.65. The third-order valence-corrected chi connectivity index (χ3v) is 4.74. The molecule has 1 saturated heterocycles. The Morgan fingerprint density at radius 2 is 2.00 bits per heavy atom. The fourth-order valence-electron chi connectivity index (χ4n) is 3.14. The lowest BCUT2D eigenvalue weighted by Gasteiger charge is -2.21. The van der Waals surface area contributed by atoms with Crippen molar-refractivity contribution >= 4 is 5.96 Å². The Balaban J connectivity index is 1.72. The monoisotopic (exact) mass is 407 g/mol. The van der Waals surface area contributed by atoms with E-state index in [-0.39, 0.29) is 0 Å². The molecule has 2 N–H and O–H groups in total. The van der Waals surface area contributed by atoms with Crippen LogP contribution in [-0.4, -0.2) is 59.2 Å². The second-order valence-corrected chi connectivity index (χ2v) is 7.02. The van der Waals surface area contributed by atoms with Gasteiger partial charge in [-0.1, -0.05) is 6.07 Å². The molecule has 0 bridgehead atoms. The van der Waals surface area contributed by atoms with Crippen LogP contribution >= 0.6 is 0 Å². The van der Waals surface area contributed by atoms with Crippen molar-refractivity contribution in [3.63, 3.8) is 0 Å². The summed E-state index contributed by atoms with van der Waals surface area (Å²) >= 11 is 0. The predicted molar refractivity (Wildman–Crippen MR) is 116 cm³/mol. The highest BCUT2D eigenvalue weighted by atomic mass is 16.5. The maximum atomic E-state index is 5.82. The van der Waals surface area contributed by atoms with E-state index < -0.39 is 0 Å². The predicted octanol–water partition coefficient (Wildman–Crippen LogP) is 2.98. The normalized spacial score (nSPS) is 15.2. The van der Waals surface area contributed by atoms with Crippen LogP contribution in [0.1, 0.15) is 38.7 Å². The van der Waals surface area contributed by atoms with E-state index in [2.05, 4.69) is 22.5 Å². The largest absolute Gasteiger partial charge is 0.493 e. The van der Waals surface area contributed by atoms with E-state index in [0.717, 1.165) is 81.8 Å². The van der Waals surface area contributed by atoms with Crippen molar-refractivity contribution in [2.45, 2.75) is 39.7 Å². The molecule has 1 fully saturated rings. The van der Waals surface area contributed by atoms with Gasteiger partial charge in [-0.25, -0.2) is 4.99 Å². The van der Waals surface area contributed by atoms with E-state index in [9.17, 15) is 0 Å². The lowest BCUT2D eigenvalue weighted by atomic mass is 10.0. The number of benzene rings is 1. The van der Waals surface area contributed by atoms with Gasteiger partial charge < -0.3 is 29.6 Å². The van der Waals surface area contributed by atoms with Gasteiger partial charge in [0, 0.05) is 39.5 Å². The van der Waals surface area contributed by atoms with Crippen LogP contribution in [0.2, 0.25) is 0 Å². The van der Waals surface area contributed by atoms with Crippen LogP contribution in [0.5, 0.6) is 11.5 Å². The minimum absolute atomic E-state index is 0.568. The highest BCUT2D eigenvalue weighted by molar-refractivity contribution is 5.79. The first-order valence-corrected chi connectivity index (χ1v) is 10.7. The topological polar surface area (TPSA) is 73.3 Å². The van der Waals surface area contributed by atoms with E-state index in [0.29, 0.717) is 19.1 Å². The summed E-state index contributed by atoms with van der Waals surface area (Å²) in [5.41, 5.74) is 1.07. The summed E-state index contributed by atoms with van der Waals surface area (Å²) in [6, 6.07) is 5.93. The zero-order valence-electron chi connectivity index (χ0n) is 18.2. The molecule has 0 saturated carbocycles. The molecule has 29 heavy (non-hydrogen) atoms. The lowest BCUT2D eigenvalue weighted by molar-refractivity contribution is 0.0203. The maximum absolute atomic E-state index is 5.82. The van der Waals surface area contributed by atoms with Gasteiger partial charge in [0.2, 0.25) is 0 Å². The second-order valence-electron chi connectivity index (χ2n) is 7.02. The third-order valence-electron chi connectivity index (χ3n) is 4.74. The van der Waals surface area contributed by atoms with E-state index >= 15 is 0 Å². The van der Waals surface area contributed by atoms with Crippen molar-refractivity contribution in [1.29, 1.82) is 0 Å². The van der Waals surface area contributed by atoms with E-state index in [4.69, 9.17) is 18.9 Å². The van der Waals surface area contributed by atoms with Crippen molar-refractivity contribution in [3.8, 4) is 11.5 Å². The van der Waals surface area contributed by atoms with Gasteiger partial charge in [-0.2, -0.15) is 0 Å². The zero-order valence-corrected chi connectivity index (χ0v) is 18.2. The lowest BCUT2D eigenvalue weighted by Crippen LogP contribution is -2.38. The number of nitrogens with one attached hydrogen (secondary N) is 2. The molecule has 2 rings (SSSR count). The SMILES string of the molecule is CCNC(=NCc1ccc(OCC)c(OC)c1)NCCCOCC1CCOCC1. The summed E-state index contributed by atoms with van der Waals surface area (Å²) in [6.07, 6.45) is 3.18. The number of ether oxygens (including phenoxy) is 4. The molecular weight excluding hydrogens is 370 g/mol. The molecule has 164 valence electrons. The molecule has 1 heterocycles. The van der Waals surface area contributed by atoms with Crippen molar-refractivity contribution in [3.05, 3.63) is 23.8 Å². The first-order valence-electron chi connectivity index (χ1n) is 10.7. The fourth-order valence-corrected chi connectivity index (χ4v) is 3.14. The molecule has 0 spiro atoms. The van der Waals surface area contributed by atoms with E-state index in [1.807, 2.05) is 25.1 Å². The average Bonchev–Trinajstić information content (AvgIpc) is 2.76. The minimum atomic E-state index is 0.568. The van der Waals surface area contributed by atoms with Crippen molar-refractivity contribution in [2.75, 3.05) is 53.2 Å². The summed E-state index contributed by atoms with van der Waals surface area (Å²) in [5, 5.41) is 6.66. The first-order chi connectivity index (χ1) is 14.3. The number of hydrogen-bond acceptors (Lipinski definition) is 5. The van der Waals surface area contributed by atoms with Crippen LogP contribution < -0.4 is 20.1 Å². The van der Waals surface area contributed by atoms with Crippen LogP contribution in [0.15, 0.2) is 23.2 Å². The van der Waals surface area contributed by atoms with Crippen LogP contribution in [0.4, 0.5) is 0 Å². The first kappa shape index (κ1) is 23.3. The standard InChI is InChI=1S/C22H37N3O4/c1-4-23-22(24-11-6-12-28-17-18-9-13-27-14-10-18)25-16-19-7-8-20(29-5-2)21(15-19)26-3/h7-8,15,18H,4-6,9-14,16-17H2,1-3H3,(H2,23,24,25).